The average Bonchev–Trinajstić information content (AvgIpc) is 2.55. The number of hydrogen-bond donors (Lipinski definition) is 3. The first-order valence-electron chi connectivity index (χ1n) is 7.09. The Bertz CT molecular complexity index is 729. The molecular formula is C17H19N3O3. The minimum absolute atomic E-state index is 0.103. The maximum atomic E-state index is 12.3. The fourth-order valence-electron chi connectivity index (χ4n) is 2.07. The summed E-state index contributed by atoms with van der Waals surface area (Å²) in [5, 5.41) is 5.43. The lowest BCUT2D eigenvalue weighted by molar-refractivity contribution is -0.114. The van der Waals surface area contributed by atoms with Crippen molar-refractivity contribution in [2.75, 3.05) is 24.3 Å². The Morgan fingerprint density at radius 2 is 1.91 bits per heavy atom. The van der Waals surface area contributed by atoms with E-state index in [9.17, 15) is 9.59 Å². The molecule has 0 unspecified atom stereocenters. The van der Waals surface area contributed by atoms with Crippen LogP contribution < -0.4 is 21.1 Å². The van der Waals surface area contributed by atoms with E-state index in [-0.39, 0.29) is 18.4 Å². The monoisotopic (exact) mass is 313 g/mol. The van der Waals surface area contributed by atoms with E-state index in [2.05, 4.69) is 10.6 Å². The molecule has 2 aromatic carbocycles. The van der Waals surface area contributed by atoms with Crippen molar-refractivity contribution in [2.24, 2.45) is 5.73 Å². The van der Waals surface area contributed by atoms with E-state index in [1.54, 1.807) is 30.3 Å². The molecule has 0 heterocycles. The van der Waals surface area contributed by atoms with Crippen LogP contribution in [-0.4, -0.2) is 25.5 Å². The molecule has 0 aliphatic heterocycles. The van der Waals surface area contributed by atoms with E-state index in [1.807, 2.05) is 19.1 Å². The zero-order valence-electron chi connectivity index (χ0n) is 13.1. The molecule has 0 radical (unpaired) electrons. The molecule has 23 heavy (non-hydrogen) atoms. The molecule has 6 nitrogen and oxygen atoms in total. The molecule has 2 aromatic rings. The second-order valence-electron chi connectivity index (χ2n) is 4.99. The number of rotatable bonds is 5. The number of carbonyl (C=O) groups excluding carboxylic acids is 2. The van der Waals surface area contributed by atoms with Gasteiger partial charge in [0, 0.05) is 17.3 Å². The van der Waals surface area contributed by atoms with Crippen LogP contribution >= 0.6 is 0 Å². The number of nitrogens with two attached hydrogens (primary N) is 1. The third kappa shape index (κ3) is 4.31. The van der Waals surface area contributed by atoms with Gasteiger partial charge in [0.2, 0.25) is 5.91 Å². The number of carbonyl (C=O) groups is 2. The Morgan fingerprint density at radius 3 is 2.57 bits per heavy atom. The number of nitrogens with one attached hydrogen (secondary N) is 2. The number of anilines is 2. The SMILES string of the molecule is COc1cc(NC(=O)CN)ccc1NC(=O)c1cccc(C)c1. The molecule has 0 atom stereocenters. The summed E-state index contributed by atoms with van der Waals surface area (Å²) in [4.78, 5) is 23.6. The summed E-state index contributed by atoms with van der Waals surface area (Å²) in [5.74, 6) is -0.0878. The van der Waals surface area contributed by atoms with Crippen molar-refractivity contribution < 1.29 is 14.3 Å². The zero-order chi connectivity index (χ0) is 16.8. The van der Waals surface area contributed by atoms with E-state index in [1.165, 1.54) is 7.11 Å². The predicted octanol–water partition coefficient (Wildman–Crippen LogP) is 2.15. The van der Waals surface area contributed by atoms with Crippen molar-refractivity contribution >= 4 is 23.2 Å². The van der Waals surface area contributed by atoms with Crippen LogP contribution in [0.4, 0.5) is 11.4 Å². The van der Waals surface area contributed by atoms with E-state index in [0.717, 1.165) is 5.56 Å². The van der Waals surface area contributed by atoms with Gasteiger partial charge in [-0.15, -0.1) is 0 Å². The average molecular weight is 313 g/mol. The van der Waals surface area contributed by atoms with Crippen molar-refractivity contribution in [2.45, 2.75) is 6.92 Å². The van der Waals surface area contributed by atoms with Crippen LogP contribution in [-0.2, 0) is 4.79 Å². The lowest BCUT2D eigenvalue weighted by Gasteiger charge is -2.12. The van der Waals surface area contributed by atoms with Crippen molar-refractivity contribution in [3.63, 3.8) is 0 Å². The van der Waals surface area contributed by atoms with Gasteiger partial charge in [0.05, 0.1) is 19.3 Å². The summed E-state index contributed by atoms with van der Waals surface area (Å²) in [6, 6.07) is 12.3. The second kappa shape index (κ2) is 7.42. The highest BCUT2D eigenvalue weighted by Crippen LogP contribution is 2.28. The summed E-state index contributed by atoms with van der Waals surface area (Å²) in [6.45, 7) is 1.82. The molecule has 6 heteroatoms. The lowest BCUT2D eigenvalue weighted by Crippen LogP contribution is -2.21. The highest BCUT2D eigenvalue weighted by Gasteiger charge is 2.11. The first-order valence-corrected chi connectivity index (χ1v) is 7.09. The fourth-order valence-corrected chi connectivity index (χ4v) is 2.07. The first kappa shape index (κ1) is 16.5. The summed E-state index contributed by atoms with van der Waals surface area (Å²) < 4.78 is 5.26. The van der Waals surface area contributed by atoms with E-state index < -0.39 is 0 Å². The van der Waals surface area contributed by atoms with Gasteiger partial charge in [0.15, 0.2) is 0 Å². The molecule has 0 fully saturated rings. The number of hydrogen-bond acceptors (Lipinski definition) is 4. The van der Waals surface area contributed by atoms with Gasteiger partial charge in [-0.1, -0.05) is 17.7 Å². The van der Waals surface area contributed by atoms with Gasteiger partial charge in [0.25, 0.3) is 5.91 Å². The van der Waals surface area contributed by atoms with Crippen LogP contribution in [0.15, 0.2) is 42.5 Å². The van der Waals surface area contributed by atoms with Gasteiger partial charge >= 0.3 is 0 Å². The molecule has 0 spiro atoms. The van der Waals surface area contributed by atoms with Crippen molar-refractivity contribution in [1.29, 1.82) is 0 Å². The molecule has 2 rings (SSSR count). The van der Waals surface area contributed by atoms with Crippen LogP contribution in [0.25, 0.3) is 0 Å². The third-order valence-electron chi connectivity index (χ3n) is 3.20. The number of amides is 2. The standard InChI is InChI=1S/C17H19N3O3/c1-11-4-3-5-12(8-11)17(22)20-14-7-6-13(9-15(14)23-2)19-16(21)10-18/h3-9H,10,18H2,1-2H3,(H,19,21)(H,20,22). The Morgan fingerprint density at radius 1 is 1.13 bits per heavy atom. The summed E-state index contributed by atoms with van der Waals surface area (Å²) in [6.07, 6.45) is 0. The van der Waals surface area contributed by atoms with Crippen LogP contribution in [0.1, 0.15) is 15.9 Å². The number of aryl methyl sites for hydroxylation is 1. The van der Waals surface area contributed by atoms with E-state index in [0.29, 0.717) is 22.7 Å². The Kier molecular flexibility index (Phi) is 5.32. The molecule has 120 valence electrons. The number of ether oxygens (including phenoxy) is 1. The first-order chi connectivity index (χ1) is 11.0. The predicted molar refractivity (Wildman–Crippen MR) is 89.8 cm³/mol. The van der Waals surface area contributed by atoms with Crippen LogP contribution in [0.2, 0.25) is 0 Å². The minimum atomic E-state index is -0.302. The molecular weight excluding hydrogens is 294 g/mol. The lowest BCUT2D eigenvalue weighted by atomic mass is 10.1. The molecule has 0 aromatic heterocycles. The fraction of sp³-hybridized carbons (Fsp3) is 0.176. The molecule has 0 saturated heterocycles. The minimum Gasteiger partial charge on any atom is -0.494 e. The van der Waals surface area contributed by atoms with Crippen molar-refractivity contribution in [1.82, 2.24) is 0 Å². The molecule has 4 N–H and O–H groups in total. The van der Waals surface area contributed by atoms with Gasteiger partial charge in [-0.2, -0.15) is 0 Å². The zero-order valence-corrected chi connectivity index (χ0v) is 13.1. The van der Waals surface area contributed by atoms with Crippen LogP contribution in [0, 0.1) is 6.92 Å². The summed E-state index contributed by atoms with van der Waals surface area (Å²) in [7, 11) is 1.49. The maximum absolute atomic E-state index is 12.3. The topological polar surface area (TPSA) is 93.4 Å². The second-order valence-corrected chi connectivity index (χ2v) is 4.99. The van der Waals surface area contributed by atoms with E-state index >= 15 is 0 Å². The van der Waals surface area contributed by atoms with Crippen LogP contribution in [0.5, 0.6) is 5.75 Å². The van der Waals surface area contributed by atoms with Gasteiger partial charge in [-0.25, -0.2) is 0 Å². The van der Waals surface area contributed by atoms with Gasteiger partial charge in [0.1, 0.15) is 5.75 Å². The highest BCUT2D eigenvalue weighted by atomic mass is 16.5. The van der Waals surface area contributed by atoms with Crippen LogP contribution in [0.3, 0.4) is 0 Å². The summed E-state index contributed by atoms with van der Waals surface area (Å²) in [5.41, 5.74) is 7.89. The molecule has 0 saturated carbocycles. The third-order valence-corrected chi connectivity index (χ3v) is 3.20. The Hall–Kier alpha value is -2.86. The maximum Gasteiger partial charge on any atom is 0.255 e. The largest absolute Gasteiger partial charge is 0.494 e. The molecule has 0 aliphatic carbocycles. The van der Waals surface area contributed by atoms with Gasteiger partial charge in [-0.3, -0.25) is 9.59 Å². The molecule has 2 amide bonds. The van der Waals surface area contributed by atoms with Gasteiger partial charge in [-0.05, 0) is 31.2 Å². The van der Waals surface area contributed by atoms with Crippen molar-refractivity contribution in [3.05, 3.63) is 53.6 Å². The number of methoxy groups -OCH3 is 1. The van der Waals surface area contributed by atoms with Crippen molar-refractivity contribution in [3.8, 4) is 5.75 Å². The molecule has 0 aliphatic rings. The quantitative estimate of drug-likeness (QED) is 0.788. The molecule has 0 bridgehead atoms. The highest BCUT2D eigenvalue weighted by molar-refractivity contribution is 6.05. The number of benzene rings is 2. The van der Waals surface area contributed by atoms with E-state index in [4.69, 9.17) is 10.5 Å². The van der Waals surface area contributed by atoms with Gasteiger partial charge < -0.3 is 21.1 Å². The normalized spacial score (nSPS) is 10.0. The Balaban J connectivity index is 2.19. The summed E-state index contributed by atoms with van der Waals surface area (Å²) >= 11 is 0. The smallest absolute Gasteiger partial charge is 0.255 e. The Labute approximate surface area is 134 Å².